The highest BCUT2D eigenvalue weighted by Crippen LogP contribution is 2.40. The molecule has 0 N–H and O–H groups in total. The molecule has 2 aliphatic rings. The van der Waals surface area contributed by atoms with Crippen LogP contribution in [0.1, 0.15) is 32.6 Å². The quantitative estimate of drug-likeness (QED) is 0.619. The molecule has 1 heterocycles. The van der Waals surface area contributed by atoms with Gasteiger partial charge in [-0.25, -0.2) is 9.29 Å². The predicted molar refractivity (Wildman–Crippen MR) is 88.3 cm³/mol. The first-order valence-corrected chi connectivity index (χ1v) is 8.04. The number of hydrogen-bond donors (Lipinski definition) is 0. The first-order valence-electron chi connectivity index (χ1n) is 7.66. The number of ether oxygens (including phenoxy) is 1. The van der Waals surface area contributed by atoms with Gasteiger partial charge in [0.25, 0.3) is 11.8 Å². The molecule has 0 spiro atoms. The van der Waals surface area contributed by atoms with E-state index in [1.165, 1.54) is 6.07 Å². The van der Waals surface area contributed by atoms with E-state index in [0.29, 0.717) is 24.0 Å². The molecule has 2 amide bonds. The molecule has 1 atom stereocenters. The van der Waals surface area contributed by atoms with E-state index in [1.54, 1.807) is 6.92 Å². The molecule has 0 saturated carbocycles. The van der Waals surface area contributed by atoms with Gasteiger partial charge in [0.15, 0.2) is 17.7 Å². The molecule has 24 heavy (non-hydrogen) atoms. The van der Waals surface area contributed by atoms with Crippen LogP contribution >= 0.6 is 11.6 Å². The Morgan fingerprint density at radius 2 is 1.83 bits per heavy atom. The van der Waals surface area contributed by atoms with Gasteiger partial charge in [0.05, 0.1) is 10.7 Å². The number of imide groups is 1. The summed E-state index contributed by atoms with van der Waals surface area (Å²) in [6.45, 7) is 1.58. The largest absolute Gasteiger partial charge is 0.475 e. The molecule has 0 radical (unpaired) electrons. The van der Waals surface area contributed by atoms with Crippen molar-refractivity contribution in [3.8, 4) is 18.1 Å². The number of carbonyl (C=O) groups excluding carboxylic acids is 2. The summed E-state index contributed by atoms with van der Waals surface area (Å²) in [5, 5.41) is -0.0326. The summed E-state index contributed by atoms with van der Waals surface area (Å²) >= 11 is 6.08. The highest BCUT2D eigenvalue weighted by atomic mass is 35.5. The molecule has 124 valence electrons. The Bertz CT molecular complexity index is 781. The van der Waals surface area contributed by atoms with Gasteiger partial charge in [0, 0.05) is 17.2 Å². The summed E-state index contributed by atoms with van der Waals surface area (Å²) in [5.41, 5.74) is 1.18. The molecular weight excluding hydrogens is 333 g/mol. The molecule has 3 rings (SSSR count). The zero-order valence-electron chi connectivity index (χ0n) is 13.1. The van der Waals surface area contributed by atoms with Crippen LogP contribution in [0, 0.1) is 18.2 Å². The standard InChI is InChI=1S/C18H15ClFNO3/c1-3-10(2)24-16-9-15(13(19)8-14(16)20)21-17(22)11-6-4-5-7-12(11)18(21)23/h1,8-10H,4-7H2,2H3. The van der Waals surface area contributed by atoms with Gasteiger partial charge in [-0.1, -0.05) is 17.5 Å². The van der Waals surface area contributed by atoms with Gasteiger partial charge in [0.1, 0.15) is 0 Å². The summed E-state index contributed by atoms with van der Waals surface area (Å²) in [4.78, 5) is 26.2. The van der Waals surface area contributed by atoms with Crippen LogP contribution in [-0.2, 0) is 9.59 Å². The van der Waals surface area contributed by atoms with Crippen molar-refractivity contribution in [2.45, 2.75) is 38.7 Å². The molecule has 1 aromatic carbocycles. The lowest BCUT2D eigenvalue weighted by Gasteiger charge is -2.19. The predicted octanol–water partition coefficient (Wildman–Crippen LogP) is 3.62. The van der Waals surface area contributed by atoms with E-state index in [2.05, 4.69) is 5.92 Å². The summed E-state index contributed by atoms with van der Waals surface area (Å²) < 4.78 is 19.3. The maximum Gasteiger partial charge on any atom is 0.261 e. The third-order valence-corrected chi connectivity index (χ3v) is 4.47. The Hall–Kier alpha value is -2.32. The molecule has 1 aliphatic heterocycles. The van der Waals surface area contributed by atoms with Crippen LogP contribution in [0.3, 0.4) is 0 Å². The topological polar surface area (TPSA) is 46.6 Å². The maximum atomic E-state index is 14.0. The summed E-state index contributed by atoms with van der Waals surface area (Å²) in [6.07, 6.45) is 7.47. The molecule has 1 aromatic rings. The molecule has 0 saturated heterocycles. The van der Waals surface area contributed by atoms with Gasteiger partial charge in [-0.05, 0) is 38.7 Å². The van der Waals surface area contributed by atoms with Crippen molar-refractivity contribution < 1.29 is 18.7 Å². The number of carbonyl (C=O) groups is 2. The smallest absolute Gasteiger partial charge is 0.261 e. The normalized spacial score (nSPS) is 18.5. The van der Waals surface area contributed by atoms with E-state index in [4.69, 9.17) is 22.8 Å². The van der Waals surface area contributed by atoms with Gasteiger partial charge in [-0.15, -0.1) is 6.42 Å². The Morgan fingerprint density at radius 1 is 1.25 bits per heavy atom. The van der Waals surface area contributed by atoms with Crippen molar-refractivity contribution in [3.05, 3.63) is 34.1 Å². The van der Waals surface area contributed by atoms with Gasteiger partial charge in [-0.3, -0.25) is 9.59 Å². The molecule has 0 fully saturated rings. The summed E-state index contributed by atoms with van der Waals surface area (Å²) in [7, 11) is 0. The first-order chi connectivity index (χ1) is 11.4. The maximum absolute atomic E-state index is 14.0. The zero-order valence-corrected chi connectivity index (χ0v) is 13.8. The Morgan fingerprint density at radius 3 is 2.38 bits per heavy atom. The van der Waals surface area contributed by atoms with Gasteiger partial charge in [0.2, 0.25) is 0 Å². The van der Waals surface area contributed by atoms with Crippen molar-refractivity contribution in [1.82, 2.24) is 0 Å². The third-order valence-electron chi connectivity index (χ3n) is 4.17. The molecule has 0 bridgehead atoms. The second-order valence-electron chi connectivity index (χ2n) is 5.77. The fourth-order valence-corrected chi connectivity index (χ4v) is 3.20. The highest BCUT2D eigenvalue weighted by Gasteiger charge is 2.40. The van der Waals surface area contributed by atoms with Gasteiger partial charge >= 0.3 is 0 Å². The average Bonchev–Trinajstić information content (AvgIpc) is 2.82. The van der Waals surface area contributed by atoms with Crippen molar-refractivity contribution in [2.75, 3.05) is 4.90 Å². The Labute approximate surface area is 144 Å². The van der Waals surface area contributed by atoms with Crippen LogP contribution in [0.5, 0.6) is 5.75 Å². The van der Waals surface area contributed by atoms with Crippen LogP contribution in [0.4, 0.5) is 10.1 Å². The minimum atomic E-state index is -0.706. The monoisotopic (exact) mass is 347 g/mol. The molecule has 4 nitrogen and oxygen atoms in total. The third kappa shape index (κ3) is 2.67. The Balaban J connectivity index is 2.01. The minimum Gasteiger partial charge on any atom is -0.475 e. The van der Waals surface area contributed by atoms with Crippen molar-refractivity contribution >= 4 is 29.1 Å². The fraction of sp³-hybridized carbons (Fsp3) is 0.333. The lowest BCUT2D eigenvalue weighted by molar-refractivity contribution is -0.120. The van der Waals surface area contributed by atoms with Crippen molar-refractivity contribution in [2.24, 2.45) is 0 Å². The molecule has 1 unspecified atom stereocenters. The number of anilines is 1. The van der Waals surface area contributed by atoms with Crippen LogP contribution in [0.15, 0.2) is 23.3 Å². The van der Waals surface area contributed by atoms with Crippen molar-refractivity contribution in [1.29, 1.82) is 0 Å². The number of rotatable bonds is 3. The van der Waals surface area contributed by atoms with Crippen LogP contribution < -0.4 is 9.64 Å². The fourth-order valence-electron chi connectivity index (χ4n) is 2.96. The number of amides is 2. The first kappa shape index (κ1) is 16.5. The lowest BCUT2D eigenvalue weighted by Crippen LogP contribution is -2.32. The van der Waals surface area contributed by atoms with E-state index in [-0.39, 0.29) is 28.3 Å². The van der Waals surface area contributed by atoms with E-state index in [1.807, 2.05) is 0 Å². The SMILES string of the molecule is C#CC(C)Oc1cc(N2C(=O)C3=C(CCCC3)C2=O)c(Cl)cc1F. The zero-order chi connectivity index (χ0) is 17.4. The number of nitrogens with zero attached hydrogens (tertiary/aromatic N) is 1. The lowest BCUT2D eigenvalue weighted by atomic mass is 9.93. The minimum absolute atomic E-state index is 0.0326. The average molecular weight is 348 g/mol. The van der Waals surface area contributed by atoms with Crippen molar-refractivity contribution in [3.63, 3.8) is 0 Å². The second kappa shape index (κ2) is 6.29. The number of terminal acetylenes is 1. The molecule has 6 heteroatoms. The second-order valence-corrected chi connectivity index (χ2v) is 6.18. The van der Waals surface area contributed by atoms with Crippen LogP contribution in [0.25, 0.3) is 0 Å². The van der Waals surface area contributed by atoms with E-state index < -0.39 is 11.9 Å². The van der Waals surface area contributed by atoms with Crippen LogP contribution in [-0.4, -0.2) is 17.9 Å². The Kier molecular flexibility index (Phi) is 4.33. The number of benzene rings is 1. The molecule has 1 aliphatic carbocycles. The van der Waals surface area contributed by atoms with Crippen LogP contribution in [0.2, 0.25) is 5.02 Å². The number of halogens is 2. The van der Waals surface area contributed by atoms with E-state index in [9.17, 15) is 14.0 Å². The summed E-state index contributed by atoms with van der Waals surface area (Å²) in [6, 6.07) is 2.27. The van der Waals surface area contributed by atoms with E-state index >= 15 is 0 Å². The molecule has 0 aromatic heterocycles. The highest BCUT2D eigenvalue weighted by molar-refractivity contribution is 6.39. The van der Waals surface area contributed by atoms with Gasteiger partial charge in [-0.2, -0.15) is 0 Å². The van der Waals surface area contributed by atoms with Gasteiger partial charge < -0.3 is 4.74 Å². The molecular formula is C18H15ClFNO3. The van der Waals surface area contributed by atoms with E-state index in [0.717, 1.165) is 23.8 Å². The summed E-state index contributed by atoms with van der Waals surface area (Å²) in [5.74, 6) is 0.692. The number of hydrogen-bond acceptors (Lipinski definition) is 3.